The standard InChI is InChI=1S/C14H10F2O2/c1-9-4-2-3-5-13(9)18-14(17)11-7-6-10(15)8-12(11)16/h2-8H,1H3. The lowest BCUT2D eigenvalue weighted by Crippen LogP contribution is -2.11. The number of carbonyl (C=O) groups excluding carboxylic acids is 1. The van der Waals surface area contributed by atoms with Gasteiger partial charge in [-0.05, 0) is 30.7 Å². The summed E-state index contributed by atoms with van der Waals surface area (Å²) in [5, 5.41) is 0. The minimum absolute atomic E-state index is 0.292. The van der Waals surface area contributed by atoms with Crippen molar-refractivity contribution in [2.24, 2.45) is 0 Å². The van der Waals surface area contributed by atoms with Gasteiger partial charge in [0.2, 0.25) is 0 Å². The number of para-hydroxylation sites is 1. The summed E-state index contributed by atoms with van der Waals surface area (Å²) in [7, 11) is 0. The molecule has 2 aromatic rings. The molecule has 0 amide bonds. The summed E-state index contributed by atoms with van der Waals surface area (Å²) >= 11 is 0. The highest BCUT2D eigenvalue weighted by Crippen LogP contribution is 2.19. The lowest BCUT2D eigenvalue weighted by molar-refractivity contribution is 0.0728. The van der Waals surface area contributed by atoms with Gasteiger partial charge in [0.05, 0.1) is 5.56 Å². The molecular formula is C14H10F2O2. The van der Waals surface area contributed by atoms with Crippen LogP contribution in [0.15, 0.2) is 42.5 Å². The molecule has 0 aliphatic carbocycles. The number of carbonyl (C=O) groups is 1. The van der Waals surface area contributed by atoms with Crippen molar-refractivity contribution >= 4 is 5.97 Å². The Morgan fingerprint density at radius 2 is 1.83 bits per heavy atom. The van der Waals surface area contributed by atoms with Gasteiger partial charge in [0.15, 0.2) is 0 Å². The molecule has 0 N–H and O–H groups in total. The van der Waals surface area contributed by atoms with Crippen LogP contribution in [0.25, 0.3) is 0 Å². The van der Waals surface area contributed by atoms with E-state index in [-0.39, 0.29) is 5.56 Å². The van der Waals surface area contributed by atoms with Crippen LogP contribution in [0, 0.1) is 18.6 Å². The van der Waals surface area contributed by atoms with Gasteiger partial charge in [-0.1, -0.05) is 18.2 Å². The van der Waals surface area contributed by atoms with E-state index < -0.39 is 17.6 Å². The summed E-state index contributed by atoms with van der Waals surface area (Å²) in [6.45, 7) is 1.77. The molecule has 2 rings (SSSR count). The van der Waals surface area contributed by atoms with Crippen LogP contribution in [0.2, 0.25) is 0 Å². The molecule has 0 saturated heterocycles. The van der Waals surface area contributed by atoms with Crippen molar-refractivity contribution in [2.45, 2.75) is 6.92 Å². The molecule has 0 spiro atoms. The molecule has 0 aliphatic rings. The Balaban J connectivity index is 2.25. The van der Waals surface area contributed by atoms with E-state index in [4.69, 9.17) is 4.74 Å². The molecular weight excluding hydrogens is 238 g/mol. The molecule has 0 aromatic heterocycles. The highest BCUT2D eigenvalue weighted by Gasteiger charge is 2.15. The van der Waals surface area contributed by atoms with E-state index >= 15 is 0 Å². The number of ether oxygens (including phenoxy) is 1. The molecule has 2 aromatic carbocycles. The van der Waals surface area contributed by atoms with Crippen molar-refractivity contribution in [3.8, 4) is 5.75 Å². The lowest BCUT2D eigenvalue weighted by atomic mass is 10.2. The van der Waals surface area contributed by atoms with Gasteiger partial charge >= 0.3 is 5.97 Å². The number of hydrogen-bond acceptors (Lipinski definition) is 2. The first kappa shape index (κ1) is 12.2. The Morgan fingerprint density at radius 3 is 2.50 bits per heavy atom. The molecule has 4 heteroatoms. The van der Waals surface area contributed by atoms with E-state index in [2.05, 4.69) is 0 Å². The molecule has 0 aliphatic heterocycles. The summed E-state index contributed by atoms with van der Waals surface area (Å²) in [5.41, 5.74) is 0.466. The molecule has 0 bridgehead atoms. The molecule has 2 nitrogen and oxygen atoms in total. The smallest absolute Gasteiger partial charge is 0.346 e. The molecule has 0 unspecified atom stereocenters. The SMILES string of the molecule is Cc1ccccc1OC(=O)c1ccc(F)cc1F. The van der Waals surface area contributed by atoms with Gasteiger partial charge in [-0.2, -0.15) is 0 Å². The van der Waals surface area contributed by atoms with Crippen LogP contribution >= 0.6 is 0 Å². The monoisotopic (exact) mass is 248 g/mol. The lowest BCUT2D eigenvalue weighted by Gasteiger charge is -2.07. The minimum Gasteiger partial charge on any atom is -0.423 e. The van der Waals surface area contributed by atoms with Crippen LogP contribution < -0.4 is 4.74 Å². The van der Waals surface area contributed by atoms with Gasteiger partial charge in [0.25, 0.3) is 0 Å². The first-order valence-corrected chi connectivity index (χ1v) is 5.31. The zero-order chi connectivity index (χ0) is 13.1. The number of esters is 1. The molecule has 0 saturated carbocycles. The molecule has 0 fully saturated rings. The Bertz CT molecular complexity index is 594. The average Bonchev–Trinajstić information content (AvgIpc) is 2.32. The highest BCUT2D eigenvalue weighted by atomic mass is 19.1. The predicted octanol–water partition coefficient (Wildman–Crippen LogP) is 3.49. The second kappa shape index (κ2) is 4.96. The zero-order valence-electron chi connectivity index (χ0n) is 9.61. The van der Waals surface area contributed by atoms with Crippen LogP contribution in [0.1, 0.15) is 15.9 Å². The fourth-order valence-corrected chi connectivity index (χ4v) is 1.48. The molecule has 0 heterocycles. The van der Waals surface area contributed by atoms with Crippen molar-refractivity contribution in [1.82, 2.24) is 0 Å². The van der Waals surface area contributed by atoms with Gasteiger partial charge in [-0.3, -0.25) is 0 Å². The van der Waals surface area contributed by atoms with Gasteiger partial charge < -0.3 is 4.74 Å². The third-order valence-electron chi connectivity index (χ3n) is 2.45. The van der Waals surface area contributed by atoms with Crippen molar-refractivity contribution in [1.29, 1.82) is 0 Å². The van der Waals surface area contributed by atoms with Crippen molar-refractivity contribution in [3.05, 3.63) is 65.2 Å². The van der Waals surface area contributed by atoms with E-state index in [0.717, 1.165) is 17.7 Å². The second-order valence-corrected chi connectivity index (χ2v) is 3.78. The van der Waals surface area contributed by atoms with Gasteiger partial charge in [0, 0.05) is 6.07 Å². The van der Waals surface area contributed by atoms with Crippen LogP contribution in [0.4, 0.5) is 8.78 Å². The maximum Gasteiger partial charge on any atom is 0.346 e. The van der Waals surface area contributed by atoms with Crippen LogP contribution in [0.3, 0.4) is 0 Å². The van der Waals surface area contributed by atoms with Crippen molar-refractivity contribution < 1.29 is 18.3 Å². The molecule has 18 heavy (non-hydrogen) atoms. The fraction of sp³-hybridized carbons (Fsp3) is 0.0714. The molecule has 92 valence electrons. The first-order valence-electron chi connectivity index (χ1n) is 5.31. The largest absolute Gasteiger partial charge is 0.423 e. The maximum atomic E-state index is 13.4. The fourth-order valence-electron chi connectivity index (χ4n) is 1.48. The topological polar surface area (TPSA) is 26.3 Å². The van der Waals surface area contributed by atoms with E-state index in [1.165, 1.54) is 0 Å². The Hall–Kier alpha value is -2.23. The third-order valence-corrected chi connectivity index (χ3v) is 2.45. The van der Waals surface area contributed by atoms with Crippen molar-refractivity contribution in [3.63, 3.8) is 0 Å². The van der Waals surface area contributed by atoms with Crippen molar-refractivity contribution in [2.75, 3.05) is 0 Å². The van der Waals surface area contributed by atoms with Crippen LogP contribution in [-0.4, -0.2) is 5.97 Å². The first-order chi connectivity index (χ1) is 8.58. The molecule has 0 atom stereocenters. The van der Waals surface area contributed by atoms with E-state index in [1.54, 1.807) is 31.2 Å². The normalized spacial score (nSPS) is 10.2. The summed E-state index contributed by atoms with van der Waals surface area (Å²) in [5.74, 6) is -2.17. The highest BCUT2D eigenvalue weighted by molar-refractivity contribution is 5.91. The van der Waals surface area contributed by atoms with Gasteiger partial charge in [-0.25, -0.2) is 13.6 Å². The van der Waals surface area contributed by atoms with Gasteiger partial charge in [-0.15, -0.1) is 0 Å². The number of rotatable bonds is 2. The Morgan fingerprint density at radius 1 is 1.11 bits per heavy atom. The Kier molecular flexibility index (Phi) is 3.37. The number of halogens is 2. The van der Waals surface area contributed by atoms with Crippen LogP contribution in [-0.2, 0) is 0 Å². The van der Waals surface area contributed by atoms with E-state index in [0.29, 0.717) is 11.8 Å². The second-order valence-electron chi connectivity index (χ2n) is 3.78. The molecule has 0 radical (unpaired) electrons. The summed E-state index contributed by atoms with van der Waals surface area (Å²) in [4.78, 5) is 11.7. The summed E-state index contributed by atoms with van der Waals surface area (Å²) in [6.07, 6.45) is 0. The van der Waals surface area contributed by atoms with Gasteiger partial charge in [0.1, 0.15) is 17.4 Å². The maximum absolute atomic E-state index is 13.4. The van der Waals surface area contributed by atoms with E-state index in [9.17, 15) is 13.6 Å². The quantitative estimate of drug-likeness (QED) is 0.600. The predicted molar refractivity (Wildman–Crippen MR) is 62.5 cm³/mol. The minimum atomic E-state index is -0.936. The average molecular weight is 248 g/mol. The van der Waals surface area contributed by atoms with E-state index in [1.807, 2.05) is 0 Å². The zero-order valence-corrected chi connectivity index (χ0v) is 9.61. The number of hydrogen-bond donors (Lipinski definition) is 0. The third kappa shape index (κ3) is 2.53. The van der Waals surface area contributed by atoms with Crippen LogP contribution in [0.5, 0.6) is 5.75 Å². The summed E-state index contributed by atoms with van der Waals surface area (Å²) < 4.78 is 31.1. The number of benzene rings is 2. The number of aryl methyl sites for hydroxylation is 1. The summed E-state index contributed by atoms with van der Waals surface area (Å²) in [6, 6.07) is 9.59. The Labute approximate surface area is 103 Å².